The molecule has 2 unspecified atom stereocenters. The fraction of sp³-hybridized carbons (Fsp3) is 0.556. The topological polar surface area (TPSA) is 39.2 Å². The maximum Gasteiger partial charge on any atom is 0.107 e. The predicted octanol–water partition coefficient (Wildman–Crippen LogP) is 1.65. The largest absolute Gasteiger partial charge is 0.466 e. The van der Waals surface area contributed by atoms with Gasteiger partial charge in [0.2, 0.25) is 0 Å². The van der Waals surface area contributed by atoms with Crippen LogP contribution in [0.15, 0.2) is 16.5 Å². The molecule has 1 aliphatic rings. The average molecular weight is 151 g/mol. The predicted molar refractivity (Wildman–Crippen MR) is 43.3 cm³/mol. The van der Waals surface area contributed by atoms with Crippen molar-refractivity contribution in [2.45, 2.75) is 19.3 Å². The van der Waals surface area contributed by atoms with Gasteiger partial charge in [0.15, 0.2) is 0 Å². The van der Waals surface area contributed by atoms with E-state index < -0.39 is 0 Å². The molecule has 2 atom stereocenters. The third-order valence-electron chi connectivity index (χ3n) is 2.35. The van der Waals surface area contributed by atoms with Crippen molar-refractivity contribution in [3.8, 4) is 0 Å². The van der Waals surface area contributed by atoms with Crippen molar-refractivity contribution in [2.24, 2.45) is 11.7 Å². The molecule has 1 aromatic heterocycles. The summed E-state index contributed by atoms with van der Waals surface area (Å²) in [5.74, 6) is 3.43. The maximum atomic E-state index is 5.53. The summed E-state index contributed by atoms with van der Waals surface area (Å²) in [4.78, 5) is 0. The smallest absolute Gasteiger partial charge is 0.107 e. The SMILES string of the molecule is Cc1ccc(C2CC2CN)o1. The number of hydrogen-bond acceptors (Lipinski definition) is 2. The zero-order valence-corrected chi connectivity index (χ0v) is 6.71. The van der Waals surface area contributed by atoms with Crippen molar-refractivity contribution in [1.29, 1.82) is 0 Å². The Morgan fingerprint density at radius 1 is 1.64 bits per heavy atom. The van der Waals surface area contributed by atoms with E-state index in [1.807, 2.05) is 13.0 Å². The second-order valence-corrected chi connectivity index (χ2v) is 3.29. The maximum absolute atomic E-state index is 5.53. The van der Waals surface area contributed by atoms with Crippen molar-refractivity contribution < 1.29 is 4.42 Å². The van der Waals surface area contributed by atoms with Crippen molar-refractivity contribution in [2.75, 3.05) is 6.54 Å². The molecule has 0 spiro atoms. The molecular formula is C9H13NO. The van der Waals surface area contributed by atoms with E-state index in [2.05, 4.69) is 6.07 Å². The van der Waals surface area contributed by atoms with E-state index in [4.69, 9.17) is 10.2 Å². The highest BCUT2D eigenvalue weighted by atomic mass is 16.3. The highest BCUT2D eigenvalue weighted by molar-refractivity contribution is 5.17. The second kappa shape index (κ2) is 2.38. The number of furan rings is 1. The third kappa shape index (κ3) is 1.18. The fourth-order valence-corrected chi connectivity index (χ4v) is 1.51. The van der Waals surface area contributed by atoms with E-state index in [9.17, 15) is 0 Å². The van der Waals surface area contributed by atoms with Crippen LogP contribution in [0, 0.1) is 12.8 Å². The molecule has 1 saturated carbocycles. The minimum atomic E-state index is 0.619. The molecule has 0 aromatic carbocycles. The molecule has 0 radical (unpaired) electrons. The van der Waals surface area contributed by atoms with E-state index in [1.165, 1.54) is 6.42 Å². The minimum Gasteiger partial charge on any atom is -0.466 e. The molecule has 0 bridgehead atoms. The minimum absolute atomic E-state index is 0.619. The lowest BCUT2D eigenvalue weighted by molar-refractivity contribution is 0.478. The highest BCUT2D eigenvalue weighted by Crippen LogP contribution is 2.46. The molecule has 2 heteroatoms. The Morgan fingerprint density at radius 3 is 2.91 bits per heavy atom. The van der Waals surface area contributed by atoms with E-state index in [0.29, 0.717) is 11.8 Å². The van der Waals surface area contributed by atoms with E-state index in [-0.39, 0.29) is 0 Å². The van der Waals surface area contributed by atoms with Gasteiger partial charge < -0.3 is 10.2 Å². The summed E-state index contributed by atoms with van der Waals surface area (Å²) in [6.45, 7) is 2.77. The zero-order valence-electron chi connectivity index (χ0n) is 6.71. The Labute approximate surface area is 66.4 Å². The Kier molecular flexibility index (Phi) is 1.50. The molecule has 0 aliphatic heterocycles. The summed E-state index contributed by atoms with van der Waals surface area (Å²) in [5.41, 5.74) is 5.53. The van der Waals surface area contributed by atoms with Gasteiger partial charge in [-0.15, -0.1) is 0 Å². The molecule has 0 amide bonds. The van der Waals surface area contributed by atoms with Gasteiger partial charge in [0, 0.05) is 5.92 Å². The van der Waals surface area contributed by atoms with Crippen LogP contribution >= 0.6 is 0 Å². The normalized spacial score (nSPS) is 28.9. The first-order chi connectivity index (χ1) is 5.31. The van der Waals surface area contributed by atoms with Crippen LogP contribution in [0.3, 0.4) is 0 Å². The molecule has 2 rings (SSSR count). The standard InChI is InChI=1S/C9H13NO/c1-6-2-3-9(11-6)8-4-7(8)5-10/h2-3,7-8H,4-5,10H2,1H3. The lowest BCUT2D eigenvalue weighted by Crippen LogP contribution is -2.01. The Morgan fingerprint density at radius 2 is 2.45 bits per heavy atom. The molecule has 60 valence electrons. The van der Waals surface area contributed by atoms with Gasteiger partial charge >= 0.3 is 0 Å². The molecule has 1 aromatic rings. The Bertz CT molecular complexity index is 254. The molecule has 1 fully saturated rings. The number of nitrogens with two attached hydrogens (primary N) is 1. The highest BCUT2D eigenvalue weighted by Gasteiger charge is 2.39. The first-order valence-electron chi connectivity index (χ1n) is 4.07. The van der Waals surface area contributed by atoms with Crippen molar-refractivity contribution >= 4 is 0 Å². The van der Waals surface area contributed by atoms with Gasteiger partial charge in [-0.05, 0) is 37.9 Å². The summed E-state index contributed by atoms with van der Waals surface area (Å²) in [5, 5.41) is 0. The van der Waals surface area contributed by atoms with Crippen LogP contribution in [0.5, 0.6) is 0 Å². The van der Waals surface area contributed by atoms with Gasteiger partial charge in [0.05, 0.1) is 0 Å². The molecular weight excluding hydrogens is 138 g/mol. The van der Waals surface area contributed by atoms with Gasteiger partial charge in [0.1, 0.15) is 11.5 Å². The summed E-state index contributed by atoms with van der Waals surface area (Å²) >= 11 is 0. The molecule has 1 heterocycles. The lowest BCUT2D eigenvalue weighted by atomic mass is 10.2. The fourth-order valence-electron chi connectivity index (χ4n) is 1.51. The molecule has 2 nitrogen and oxygen atoms in total. The third-order valence-corrected chi connectivity index (χ3v) is 2.35. The van der Waals surface area contributed by atoms with Crippen molar-refractivity contribution in [1.82, 2.24) is 0 Å². The lowest BCUT2D eigenvalue weighted by Gasteiger charge is -1.91. The Hall–Kier alpha value is -0.760. The summed E-state index contributed by atoms with van der Waals surface area (Å²) in [6.07, 6.45) is 1.21. The monoisotopic (exact) mass is 151 g/mol. The van der Waals surface area contributed by atoms with E-state index in [1.54, 1.807) is 0 Å². The first kappa shape index (κ1) is 6.92. The number of rotatable bonds is 2. The van der Waals surface area contributed by atoms with Crippen LogP contribution in [-0.2, 0) is 0 Å². The van der Waals surface area contributed by atoms with Crippen LogP contribution in [-0.4, -0.2) is 6.54 Å². The van der Waals surface area contributed by atoms with Crippen LogP contribution in [0.4, 0.5) is 0 Å². The van der Waals surface area contributed by atoms with Crippen molar-refractivity contribution in [3.63, 3.8) is 0 Å². The average Bonchev–Trinajstić information content (AvgIpc) is 2.68. The quantitative estimate of drug-likeness (QED) is 0.698. The van der Waals surface area contributed by atoms with Gasteiger partial charge in [0.25, 0.3) is 0 Å². The van der Waals surface area contributed by atoms with Crippen LogP contribution < -0.4 is 5.73 Å². The Balaban J connectivity index is 2.08. The molecule has 0 saturated heterocycles. The summed E-state index contributed by atoms with van der Waals surface area (Å²) < 4.78 is 5.48. The molecule has 1 aliphatic carbocycles. The van der Waals surface area contributed by atoms with E-state index >= 15 is 0 Å². The van der Waals surface area contributed by atoms with Crippen LogP contribution in [0.25, 0.3) is 0 Å². The van der Waals surface area contributed by atoms with Crippen LogP contribution in [0.1, 0.15) is 23.9 Å². The molecule has 11 heavy (non-hydrogen) atoms. The second-order valence-electron chi connectivity index (χ2n) is 3.29. The summed E-state index contributed by atoms with van der Waals surface area (Å²) in [7, 11) is 0. The molecule has 2 N–H and O–H groups in total. The van der Waals surface area contributed by atoms with Gasteiger partial charge in [-0.1, -0.05) is 0 Å². The number of aryl methyl sites for hydroxylation is 1. The van der Waals surface area contributed by atoms with Gasteiger partial charge in [-0.3, -0.25) is 0 Å². The van der Waals surface area contributed by atoms with Crippen molar-refractivity contribution in [3.05, 3.63) is 23.7 Å². The van der Waals surface area contributed by atoms with Gasteiger partial charge in [-0.25, -0.2) is 0 Å². The number of hydrogen-bond donors (Lipinski definition) is 1. The zero-order chi connectivity index (χ0) is 7.84. The summed E-state index contributed by atoms with van der Waals surface area (Å²) in [6, 6.07) is 4.08. The van der Waals surface area contributed by atoms with Gasteiger partial charge in [-0.2, -0.15) is 0 Å². The van der Waals surface area contributed by atoms with Crippen LogP contribution in [0.2, 0.25) is 0 Å². The van der Waals surface area contributed by atoms with E-state index in [0.717, 1.165) is 18.1 Å². The first-order valence-corrected chi connectivity index (χ1v) is 4.07.